The van der Waals surface area contributed by atoms with E-state index in [4.69, 9.17) is 23.0 Å². The Hall–Kier alpha value is -1.14. The molecular weight excluding hydrogens is 482 g/mol. The van der Waals surface area contributed by atoms with Crippen LogP contribution in [0.25, 0.3) is 0 Å². The standard InChI is InChI=1S/C18H32N2O11P2/c1-4-6-7-28-33(25,26)31-14-10-16(20-11-13(3)17(21)19-18(20)22)30-15(14)12-29-32(23,24)9-8-27-5-2/h11,14-16H,4-10,12H2,1-3H3,(H,23,24)(H,25,26)(H,19,21,22)/t14-,15-,16-/m1/s1. The summed E-state index contributed by atoms with van der Waals surface area (Å²) in [6.07, 6.45) is -0.896. The van der Waals surface area contributed by atoms with Crippen molar-refractivity contribution in [2.75, 3.05) is 32.6 Å². The van der Waals surface area contributed by atoms with E-state index < -0.39 is 51.7 Å². The first kappa shape index (κ1) is 28.1. The zero-order valence-corrected chi connectivity index (χ0v) is 20.7. The van der Waals surface area contributed by atoms with Gasteiger partial charge in [0.15, 0.2) is 0 Å². The predicted octanol–water partition coefficient (Wildman–Crippen LogP) is 1.67. The Labute approximate surface area is 191 Å². The van der Waals surface area contributed by atoms with Crippen LogP contribution in [-0.4, -0.2) is 64.1 Å². The molecule has 190 valence electrons. The fourth-order valence-corrected chi connectivity index (χ4v) is 4.89. The Morgan fingerprint density at radius 2 is 1.94 bits per heavy atom. The molecule has 0 saturated carbocycles. The van der Waals surface area contributed by atoms with Crippen LogP contribution in [0.3, 0.4) is 0 Å². The number of rotatable bonds is 14. The van der Waals surface area contributed by atoms with Gasteiger partial charge in [-0.25, -0.2) is 9.36 Å². The molecule has 1 aromatic rings. The van der Waals surface area contributed by atoms with Gasteiger partial charge in [0.2, 0.25) is 0 Å². The van der Waals surface area contributed by atoms with E-state index in [0.717, 1.165) is 11.0 Å². The fraction of sp³-hybridized carbons (Fsp3) is 0.778. The van der Waals surface area contributed by atoms with E-state index in [1.54, 1.807) is 6.92 Å². The molecule has 2 rings (SSSR count). The van der Waals surface area contributed by atoms with Gasteiger partial charge in [-0.3, -0.25) is 28.0 Å². The fourth-order valence-electron chi connectivity index (χ4n) is 3.04. The summed E-state index contributed by atoms with van der Waals surface area (Å²) in [5.74, 6) is 0. The van der Waals surface area contributed by atoms with Gasteiger partial charge in [0.25, 0.3) is 5.56 Å². The molecule has 0 amide bonds. The molecule has 1 aromatic heterocycles. The summed E-state index contributed by atoms with van der Waals surface area (Å²) in [7, 11) is -8.50. The lowest BCUT2D eigenvalue weighted by Crippen LogP contribution is -2.33. The summed E-state index contributed by atoms with van der Waals surface area (Å²) in [6.45, 7) is 5.08. The third-order valence-corrected chi connectivity index (χ3v) is 7.17. The van der Waals surface area contributed by atoms with E-state index >= 15 is 0 Å². The molecule has 3 N–H and O–H groups in total. The molecule has 2 heterocycles. The summed E-state index contributed by atoms with van der Waals surface area (Å²) in [6, 6.07) is 0. The Balaban J connectivity index is 2.17. The van der Waals surface area contributed by atoms with Crippen molar-refractivity contribution in [3.63, 3.8) is 0 Å². The van der Waals surface area contributed by atoms with Crippen LogP contribution in [0.15, 0.2) is 15.8 Å². The summed E-state index contributed by atoms with van der Waals surface area (Å²) >= 11 is 0. The monoisotopic (exact) mass is 514 g/mol. The van der Waals surface area contributed by atoms with Crippen molar-refractivity contribution in [1.29, 1.82) is 0 Å². The largest absolute Gasteiger partial charge is 0.472 e. The van der Waals surface area contributed by atoms with Crippen molar-refractivity contribution < 1.29 is 42.0 Å². The molecule has 0 spiro atoms. The van der Waals surface area contributed by atoms with Crippen LogP contribution in [0, 0.1) is 6.92 Å². The van der Waals surface area contributed by atoms with E-state index in [1.165, 1.54) is 13.1 Å². The Kier molecular flexibility index (Phi) is 10.7. The molecule has 33 heavy (non-hydrogen) atoms. The number of aromatic nitrogens is 2. The number of unbranched alkanes of at least 4 members (excludes halogenated alkanes) is 1. The number of aromatic amines is 1. The minimum absolute atomic E-state index is 0.00426. The van der Waals surface area contributed by atoms with Crippen molar-refractivity contribution in [2.45, 2.75) is 58.5 Å². The SMILES string of the molecule is CCCCOP(=O)(O)O[C@@H]1C[C@H](n2cc(C)c(=O)[nH]c2=O)O[C@@H]1COP(=O)(O)CCOCC. The van der Waals surface area contributed by atoms with Crippen molar-refractivity contribution in [3.05, 3.63) is 32.6 Å². The van der Waals surface area contributed by atoms with Crippen molar-refractivity contribution in [3.8, 4) is 0 Å². The van der Waals surface area contributed by atoms with Gasteiger partial charge in [-0.2, -0.15) is 0 Å². The van der Waals surface area contributed by atoms with Gasteiger partial charge < -0.3 is 23.8 Å². The smallest absolute Gasteiger partial charge is 0.381 e. The second-order valence-electron chi connectivity index (χ2n) is 7.50. The van der Waals surface area contributed by atoms with Gasteiger partial charge in [-0.1, -0.05) is 13.3 Å². The van der Waals surface area contributed by atoms with Crippen molar-refractivity contribution in [2.24, 2.45) is 0 Å². The molecule has 1 aliphatic heterocycles. The molecule has 0 bridgehead atoms. The van der Waals surface area contributed by atoms with E-state index in [0.29, 0.717) is 13.0 Å². The maximum Gasteiger partial charge on any atom is 0.472 e. The highest BCUT2D eigenvalue weighted by atomic mass is 31.2. The molecule has 0 aliphatic carbocycles. The number of phosphoric acid groups is 1. The highest BCUT2D eigenvalue weighted by molar-refractivity contribution is 7.52. The number of nitrogens with zero attached hydrogens (tertiary/aromatic N) is 1. The first-order valence-corrected chi connectivity index (χ1v) is 13.9. The minimum Gasteiger partial charge on any atom is -0.381 e. The predicted molar refractivity (Wildman–Crippen MR) is 117 cm³/mol. The number of hydrogen-bond donors (Lipinski definition) is 3. The van der Waals surface area contributed by atoms with Gasteiger partial charge in [-0.05, 0) is 20.3 Å². The quantitative estimate of drug-likeness (QED) is 0.243. The van der Waals surface area contributed by atoms with Crippen LogP contribution in [0.2, 0.25) is 0 Å². The van der Waals surface area contributed by atoms with Crippen molar-refractivity contribution >= 4 is 15.4 Å². The third-order valence-electron chi connectivity index (χ3n) is 4.82. The molecule has 1 fully saturated rings. The normalized spacial score (nSPS) is 24.5. The van der Waals surface area contributed by atoms with Crippen LogP contribution in [-0.2, 0) is 32.2 Å². The van der Waals surface area contributed by atoms with Crippen LogP contribution in [0.4, 0.5) is 0 Å². The maximum atomic E-state index is 12.4. The van der Waals surface area contributed by atoms with Crippen LogP contribution >= 0.6 is 15.4 Å². The highest BCUT2D eigenvalue weighted by Crippen LogP contribution is 2.49. The van der Waals surface area contributed by atoms with E-state index in [1.807, 2.05) is 6.92 Å². The topological polar surface area (TPSA) is 176 Å². The highest BCUT2D eigenvalue weighted by Gasteiger charge is 2.43. The van der Waals surface area contributed by atoms with Gasteiger partial charge in [0.1, 0.15) is 18.4 Å². The summed E-state index contributed by atoms with van der Waals surface area (Å²) in [5.41, 5.74) is -1.05. The van der Waals surface area contributed by atoms with Gasteiger partial charge in [0, 0.05) is 24.8 Å². The zero-order valence-electron chi connectivity index (χ0n) is 18.9. The minimum atomic E-state index is -4.47. The first-order chi connectivity index (χ1) is 15.5. The third kappa shape index (κ3) is 8.86. The van der Waals surface area contributed by atoms with E-state index in [-0.39, 0.29) is 31.4 Å². The Morgan fingerprint density at radius 1 is 1.21 bits per heavy atom. The van der Waals surface area contributed by atoms with Gasteiger partial charge >= 0.3 is 21.1 Å². The lowest BCUT2D eigenvalue weighted by Gasteiger charge is -2.22. The van der Waals surface area contributed by atoms with Crippen molar-refractivity contribution in [1.82, 2.24) is 9.55 Å². The van der Waals surface area contributed by atoms with Gasteiger partial charge in [0.05, 0.1) is 26.0 Å². The number of H-pyrrole nitrogens is 1. The number of nitrogens with one attached hydrogen (secondary N) is 1. The second kappa shape index (κ2) is 12.5. The molecule has 13 nitrogen and oxygen atoms in total. The molecular formula is C18H32N2O11P2. The molecule has 5 atom stereocenters. The zero-order chi connectivity index (χ0) is 24.6. The van der Waals surface area contributed by atoms with Gasteiger partial charge in [-0.15, -0.1) is 0 Å². The number of ether oxygens (including phenoxy) is 2. The Bertz CT molecular complexity index is 979. The summed E-state index contributed by atoms with van der Waals surface area (Å²) < 4.78 is 51.9. The lowest BCUT2D eigenvalue weighted by atomic mass is 10.2. The second-order valence-corrected chi connectivity index (χ2v) is 10.9. The first-order valence-electron chi connectivity index (χ1n) is 10.7. The molecule has 2 unspecified atom stereocenters. The van der Waals surface area contributed by atoms with Crippen LogP contribution in [0.1, 0.15) is 44.9 Å². The average Bonchev–Trinajstić information content (AvgIpc) is 3.11. The van der Waals surface area contributed by atoms with E-state index in [2.05, 4.69) is 4.98 Å². The molecule has 1 aliphatic rings. The van der Waals surface area contributed by atoms with Crippen LogP contribution in [0.5, 0.6) is 0 Å². The summed E-state index contributed by atoms with van der Waals surface area (Å²) in [4.78, 5) is 46.1. The number of aryl methyl sites for hydroxylation is 1. The molecule has 15 heteroatoms. The molecule has 0 aromatic carbocycles. The number of hydrogen-bond acceptors (Lipinski definition) is 9. The lowest BCUT2D eigenvalue weighted by molar-refractivity contribution is -0.0431. The molecule has 0 radical (unpaired) electrons. The maximum absolute atomic E-state index is 12.4. The Morgan fingerprint density at radius 3 is 2.61 bits per heavy atom. The average molecular weight is 514 g/mol. The summed E-state index contributed by atoms with van der Waals surface area (Å²) in [5, 5.41) is 0. The number of phosphoric ester groups is 1. The van der Waals surface area contributed by atoms with E-state index in [9.17, 15) is 28.5 Å². The molecule has 1 saturated heterocycles. The van der Waals surface area contributed by atoms with Crippen LogP contribution < -0.4 is 11.2 Å².